The average molecular weight is 265 g/mol. The van der Waals surface area contributed by atoms with E-state index < -0.39 is 0 Å². The summed E-state index contributed by atoms with van der Waals surface area (Å²) in [5.74, 6) is 3.45. The predicted molar refractivity (Wildman–Crippen MR) is 75.7 cm³/mol. The molecule has 0 unspecified atom stereocenters. The van der Waals surface area contributed by atoms with Crippen LogP contribution in [0.15, 0.2) is 0 Å². The van der Waals surface area contributed by atoms with E-state index >= 15 is 0 Å². The molecule has 4 heteroatoms. The van der Waals surface area contributed by atoms with Crippen molar-refractivity contribution in [3.63, 3.8) is 0 Å². The van der Waals surface area contributed by atoms with E-state index in [2.05, 4.69) is 0 Å². The van der Waals surface area contributed by atoms with Crippen LogP contribution in [0.4, 0.5) is 4.79 Å². The predicted octanol–water partition coefficient (Wildman–Crippen LogP) is 1.75. The smallest absolute Gasteiger partial charge is 0.319 e. The third-order valence-electron chi connectivity index (χ3n) is 5.72. The normalized spacial score (nSPS) is 39.4. The number of likely N-dealkylation sites (N-methyl/N-ethyl adjacent to an activating group) is 1. The lowest BCUT2D eigenvalue weighted by Gasteiger charge is -2.56. The summed E-state index contributed by atoms with van der Waals surface area (Å²) in [6.45, 7) is 1.19. The minimum atomic E-state index is 0.155. The van der Waals surface area contributed by atoms with Gasteiger partial charge in [-0.05, 0) is 55.8 Å². The highest BCUT2D eigenvalue weighted by Crippen LogP contribution is 2.54. The molecule has 0 heterocycles. The van der Waals surface area contributed by atoms with Crippen molar-refractivity contribution >= 4 is 6.03 Å². The van der Waals surface area contributed by atoms with Crippen LogP contribution in [-0.4, -0.2) is 49.1 Å². The number of nitrogens with zero attached hydrogens (tertiary/aromatic N) is 2. The van der Waals surface area contributed by atoms with E-state index in [-0.39, 0.29) is 6.03 Å². The third kappa shape index (κ3) is 2.24. The number of carbonyl (C=O) groups excluding carboxylic acids is 1. The fraction of sp³-hybridized carbons (Fsp3) is 0.933. The molecule has 0 saturated heterocycles. The van der Waals surface area contributed by atoms with Crippen LogP contribution in [0.5, 0.6) is 0 Å². The molecule has 0 radical (unpaired) electrons. The Morgan fingerprint density at radius 1 is 1.05 bits per heavy atom. The lowest BCUT2D eigenvalue weighted by Crippen LogP contribution is -2.58. The standard InChI is InChI=1S/C15H27N3O/c1-17(4-3-16)15(19)18(2)14-12-6-10-5-11(8-12)9-13(14)7-10/h10-14H,3-9,16H2,1-2H3. The fourth-order valence-electron chi connectivity index (χ4n) is 5.21. The summed E-state index contributed by atoms with van der Waals surface area (Å²) in [6, 6.07) is 0.642. The Morgan fingerprint density at radius 2 is 1.58 bits per heavy atom. The van der Waals surface area contributed by atoms with Crippen molar-refractivity contribution in [1.82, 2.24) is 9.80 Å². The first-order valence-electron chi connectivity index (χ1n) is 7.78. The summed E-state index contributed by atoms with van der Waals surface area (Å²) in [6.07, 6.45) is 6.89. The van der Waals surface area contributed by atoms with Crippen molar-refractivity contribution < 1.29 is 4.79 Å². The molecule has 4 nitrogen and oxygen atoms in total. The lowest BCUT2D eigenvalue weighted by molar-refractivity contribution is -0.0477. The zero-order chi connectivity index (χ0) is 13.6. The molecule has 2 N–H and O–H groups in total. The van der Waals surface area contributed by atoms with Gasteiger partial charge in [0.2, 0.25) is 0 Å². The van der Waals surface area contributed by atoms with Gasteiger partial charge in [-0.1, -0.05) is 0 Å². The average Bonchev–Trinajstić information content (AvgIpc) is 2.36. The summed E-state index contributed by atoms with van der Waals surface area (Å²) in [5.41, 5.74) is 5.55. The van der Waals surface area contributed by atoms with Gasteiger partial charge in [0, 0.05) is 33.2 Å². The van der Waals surface area contributed by atoms with Crippen molar-refractivity contribution in [3.8, 4) is 0 Å². The molecule has 19 heavy (non-hydrogen) atoms. The SMILES string of the molecule is CN(CCN)C(=O)N(C)C1C2CC3CC(C2)CC1C3. The minimum absolute atomic E-state index is 0.155. The van der Waals surface area contributed by atoms with E-state index in [1.165, 1.54) is 32.1 Å². The maximum Gasteiger partial charge on any atom is 0.319 e. The van der Waals surface area contributed by atoms with E-state index in [9.17, 15) is 4.79 Å². The van der Waals surface area contributed by atoms with Gasteiger partial charge in [-0.2, -0.15) is 0 Å². The van der Waals surface area contributed by atoms with Crippen LogP contribution in [0.1, 0.15) is 32.1 Å². The van der Waals surface area contributed by atoms with Gasteiger partial charge in [0.05, 0.1) is 0 Å². The quantitative estimate of drug-likeness (QED) is 0.845. The summed E-state index contributed by atoms with van der Waals surface area (Å²) in [5, 5.41) is 0. The van der Waals surface area contributed by atoms with Crippen LogP contribution in [0, 0.1) is 23.7 Å². The topological polar surface area (TPSA) is 49.6 Å². The summed E-state index contributed by atoms with van der Waals surface area (Å²) in [4.78, 5) is 16.3. The Morgan fingerprint density at radius 3 is 2.05 bits per heavy atom. The second kappa shape index (κ2) is 4.97. The molecule has 4 aliphatic carbocycles. The maximum atomic E-state index is 12.5. The van der Waals surface area contributed by atoms with Crippen molar-refractivity contribution in [2.75, 3.05) is 27.2 Å². The Bertz CT molecular complexity index is 329. The molecule has 0 spiro atoms. The van der Waals surface area contributed by atoms with Crippen LogP contribution in [-0.2, 0) is 0 Å². The third-order valence-corrected chi connectivity index (χ3v) is 5.72. The zero-order valence-corrected chi connectivity index (χ0v) is 12.2. The maximum absolute atomic E-state index is 12.5. The number of rotatable bonds is 3. The van der Waals surface area contributed by atoms with Gasteiger partial charge in [0.25, 0.3) is 0 Å². The monoisotopic (exact) mass is 265 g/mol. The Hall–Kier alpha value is -0.770. The largest absolute Gasteiger partial charge is 0.329 e. The molecule has 0 aliphatic heterocycles. The Kier molecular flexibility index (Phi) is 3.46. The van der Waals surface area contributed by atoms with Crippen LogP contribution in [0.3, 0.4) is 0 Å². The summed E-state index contributed by atoms with van der Waals surface area (Å²) < 4.78 is 0. The lowest BCUT2D eigenvalue weighted by atomic mass is 9.54. The van der Waals surface area contributed by atoms with Crippen LogP contribution in [0.2, 0.25) is 0 Å². The summed E-state index contributed by atoms with van der Waals surface area (Å²) in [7, 11) is 3.87. The van der Waals surface area contributed by atoms with Gasteiger partial charge >= 0.3 is 6.03 Å². The molecule has 0 aromatic carbocycles. The van der Waals surface area contributed by atoms with E-state index in [1.54, 1.807) is 4.90 Å². The van der Waals surface area contributed by atoms with E-state index in [1.807, 2.05) is 19.0 Å². The number of hydrogen-bond acceptors (Lipinski definition) is 2. The van der Waals surface area contributed by atoms with Crippen LogP contribution >= 0.6 is 0 Å². The molecule has 4 fully saturated rings. The van der Waals surface area contributed by atoms with E-state index in [0.29, 0.717) is 19.1 Å². The van der Waals surface area contributed by atoms with Crippen molar-refractivity contribution in [1.29, 1.82) is 0 Å². The van der Waals surface area contributed by atoms with Gasteiger partial charge < -0.3 is 15.5 Å². The van der Waals surface area contributed by atoms with Crippen molar-refractivity contribution in [2.24, 2.45) is 29.4 Å². The van der Waals surface area contributed by atoms with Crippen LogP contribution < -0.4 is 5.73 Å². The fourth-order valence-corrected chi connectivity index (χ4v) is 5.21. The molecule has 4 saturated carbocycles. The number of urea groups is 1. The molecular formula is C15H27N3O. The molecular weight excluding hydrogens is 238 g/mol. The van der Waals surface area contributed by atoms with Crippen molar-refractivity contribution in [3.05, 3.63) is 0 Å². The molecule has 108 valence electrons. The van der Waals surface area contributed by atoms with E-state index in [4.69, 9.17) is 5.73 Å². The molecule has 4 bridgehead atoms. The van der Waals surface area contributed by atoms with Gasteiger partial charge in [0.1, 0.15) is 0 Å². The highest BCUT2D eigenvalue weighted by atomic mass is 16.2. The molecule has 0 atom stereocenters. The summed E-state index contributed by atoms with van der Waals surface area (Å²) >= 11 is 0. The van der Waals surface area contributed by atoms with Gasteiger partial charge in [-0.3, -0.25) is 0 Å². The molecule has 0 aromatic heterocycles. The first-order chi connectivity index (χ1) is 9.10. The first-order valence-corrected chi connectivity index (χ1v) is 7.78. The number of hydrogen-bond donors (Lipinski definition) is 1. The van der Waals surface area contributed by atoms with Gasteiger partial charge in [-0.15, -0.1) is 0 Å². The molecule has 2 amide bonds. The molecule has 0 aromatic rings. The number of nitrogens with two attached hydrogens (primary N) is 1. The van der Waals surface area contributed by atoms with Gasteiger partial charge in [0.15, 0.2) is 0 Å². The minimum Gasteiger partial charge on any atom is -0.329 e. The van der Waals surface area contributed by atoms with Crippen LogP contribution in [0.25, 0.3) is 0 Å². The Labute approximate surface area is 116 Å². The van der Waals surface area contributed by atoms with Crippen molar-refractivity contribution in [2.45, 2.75) is 38.1 Å². The molecule has 4 rings (SSSR count). The van der Waals surface area contributed by atoms with E-state index in [0.717, 1.165) is 23.7 Å². The van der Waals surface area contributed by atoms with Gasteiger partial charge in [-0.25, -0.2) is 4.79 Å². The highest BCUT2D eigenvalue weighted by Gasteiger charge is 2.50. The second-order valence-electron chi connectivity index (χ2n) is 7.03. The number of amides is 2. The highest BCUT2D eigenvalue weighted by molar-refractivity contribution is 5.74. The Balaban J connectivity index is 1.70. The molecule has 4 aliphatic rings. The first kappa shape index (κ1) is 13.2. The second-order valence-corrected chi connectivity index (χ2v) is 7.03. The number of carbonyl (C=O) groups is 1. The zero-order valence-electron chi connectivity index (χ0n) is 12.2.